The predicted molar refractivity (Wildman–Crippen MR) is 51.6 cm³/mol. The van der Waals surface area contributed by atoms with Gasteiger partial charge in [0.1, 0.15) is 5.92 Å². The number of piperidine rings is 1. The molecule has 0 spiro atoms. The standard InChI is InChI=1S/C10H13F3N2O2/c1-7(6-14)8(16)15-4-2-9(17,3-5-15)10(11,12)13/h7,17H,2-5H2,1H3. The fourth-order valence-corrected chi connectivity index (χ4v) is 1.71. The van der Waals surface area contributed by atoms with E-state index in [1.165, 1.54) is 11.8 Å². The van der Waals surface area contributed by atoms with Gasteiger partial charge in [-0.2, -0.15) is 18.4 Å². The maximum Gasteiger partial charge on any atom is 0.417 e. The molecule has 4 nitrogen and oxygen atoms in total. The fourth-order valence-electron chi connectivity index (χ4n) is 1.71. The van der Waals surface area contributed by atoms with E-state index in [-0.39, 0.29) is 13.1 Å². The third kappa shape index (κ3) is 2.69. The quantitative estimate of drug-likeness (QED) is 0.756. The van der Waals surface area contributed by atoms with Gasteiger partial charge in [-0.05, 0) is 6.92 Å². The van der Waals surface area contributed by atoms with Crippen molar-refractivity contribution in [3.63, 3.8) is 0 Å². The normalized spacial score (nSPS) is 21.8. The minimum Gasteiger partial charge on any atom is -0.380 e. The number of alkyl halides is 3. The van der Waals surface area contributed by atoms with Crippen LogP contribution in [-0.4, -0.2) is 40.8 Å². The van der Waals surface area contributed by atoms with E-state index in [2.05, 4.69) is 0 Å². The van der Waals surface area contributed by atoms with E-state index in [1.807, 2.05) is 0 Å². The number of amides is 1. The first-order valence-electron chi connectivity index (χ1n) is 5.19. The van der Waals surface area contributed by atoms with Crippen molar-refractivity contribution in [1.29, 1.82) is 5.26 Å². The Morgan fingerprint density at radius 3 is 2.29 bits per heavy atom. The molecule has 0 aromatic carbocycles. The van der Waals surface area contributed by atoms with Crippen molar-refractivity contribution in [2.75, 3.05) is 13.1 Å². The van der Waals surface area contributed by atoms with Gasteiger partial charge in [0.15, 0.2) is 5.60 Å². The van der Waals surface area contributed by atoms with E-state index in [0.717, 1.165) is 0 Å². The highest BCUT2D eigenvalue weighted by Gasteiger charge is 2.54. The molecule has 0 aromatic heterocycles. The molecule has 0 radical (unpaired) electrons. The van der Waals surface area contributed by atoms with Crippen LogP contribution in [0.2, 0.25) is 0 Å². The molecule has 1 amide bonds. The fraction of sp³-hybridized carbons (Fsp3) is 0.800. The Labute approximate surface area is 96.6 Å². The van der Waals surface area contributed by atoms with E-state index in [1.54, 1.807) is 6.07 Å². The van der Waals surface area contributed by atoms with Crippen LogP contribution < -0.4 is 0 Å². The number of carbonyl (C=O) groups excluding carboxylic acids is 1. The Morgan fingerprint density at radius 1 is 1.47 bits per heavy atom. The van der Waals surface area contributed by atoms with E-state index in [4.69, 9.17) is 5.26 Å². The van der Waals surface area contributed by atoms with Gasteiger partial charge in [-0.25, -0.2) is 0 Å². The second-order valence-corrected chi connectivity index (χ2v) is 4.21. The molecule has 1 aliphatic heterocycles. The molecule has 1 heterocycles. The summed E-state index contributed by atoms with van der Waals surface area (Å²) >= 11 is 0. The third-order valence-corrected chi connectivity index (χ3v) is 2.99. The molecule has 1 aliphatic rings. The minimum atomic E-state index is -4.68. The molecule has 0 saturated carbocycles. The molecule has 7 heteroatoms. The Kier molecular flexibility index (Phi) is 3.67. The maximum atomic E-state index is 12.5. The maximum absolute atomic E-state index is 12.5. The van der Waals surface area contributed by atoms with Gasteiger partial charge in [-0.3, -0.25) is 4.79 Å². The van der Waals surface area contributed by atoms with Crippen molar-refractivity contribution in [3.8, 4) is 6.07 Å². The monoisotopic (exact) mass is 250 g/mol. The highest BCUT2D eigenvalue weighted by Crippen LogP contribution is 2.38. The number of nitrogens with zero attached hydrogens (tertiary/aromatic N) is 2. The first-order chi connectivity index (χ1) is 7.71. The first kappa shape index (κ1) is 13.8. The molecule has 0 aliphatic carbocycles. The lowest BCUT2D eigenvalue weighted by Crippen LogP contribution is -2.54. The summed E-state index contributed by atoms with van der Waals surface area (Å²) in [5.41, 5.74) is -2.71. The lowest BCUT2D eigenvalue weighted by molar-refractivity contribution is -0.272. The topological polar surface area (TPSA) is 64.3 Å². The molecule has 1 unspecified atom stereocenters. The van der Waals surface area contributed by atoms with E-state index < -0.39 is 36.4 Å². The number of hydrogen-bond acceptors (Lipinski definition) is 3. The molecule has 0 bridgehead atoms. The Hall–Kier alpha value is -1.29. The zero-order valence-electron chi connectivity index (χ0n) is 9.29. The predicted octanol–water partition coefficient (Wildman–Crippen LogP) is 1.06. The van der Waals surface area contributed by atoms with Crippen molar-refractivity contribution in [2.45, 2.75) is 31.5 Å². The summed E-state index contributed by atoms with van der Waals surface area (Å²) in [5.74, 6) is -1.36. The van der Waals surface area contributed by atoms with Gasteiger partial charge in [0, 0.05) is 25.9 Å². The first-order valence-corrected chi connectivity index (χ1v) is 5.19. The van der Waals surface area contributed by atoms with Crippen LogP contribution in [0.3, 0.4) is 0 Å². The van der Waals surface area contributed by atoms with Crippen LogP contribution >= 0.6 is 0 Å². The summed E-state index contributed by atoms with van der Waals surface area (Å²) in [7, 11) is 0. The van der Waals surface area contributed by atoms with E-state index >= 15 is 0 Å². The van der Waals surface area contributed by atoms with Crippen molar-refractivity contribution < 1.29 is 23.1 Å². The van der Waals surface area contributed by atoms with Crippen molar-refractivity contribution in [1.82, 2.24) is 4.90 Å². The summed E-state index contributed by atoms with van der Waals surface area (Å²) in [6.07, 6.45) is -5.76. The molecule has 17 heavy (non-hydrogen) atoms. The molecule has 1 rings (SSSR count). The van der Waals surface area contributed by atoms with Gasteiger partial charge in [-0.15, -0.1) is 0 Å². The van der Waals surface area contributed by atoms with E-state index in [9.17, 15) is 23.1 Å². The van der Waals surface area contributed by atoms with Crippen molar-refractivity contribution >= 4 is 5.91 Å². The van der Waals surface area contributed by atoms with Gasteiger partial charge in [0.05, 0.1) is 6.07 Å². The Balaban J connectivity index is 2.64. The molecule has 1 saturated heterocycles. The molecule has 96 valence electrons. The Morgan fingerprint density at radius 2 is 1.94 bits per heavy atom. The highest BCUT2D eigenvalue weighted by atomic mass is 19.4. The minimum absolute atomic E-state index is 0.180. The summed E-state index contributed by atoms with van der Waals surface area (Å²) in [6, 6.07) is 1.74. The van der Waals surface area contributed by atoms with Crippen molar-refractivity contribution in [3.05, 3.63) is 0 Å². The number of aliphatic hydroxyl groups is 1. The van der Waals surface area contributed by atoms with Gasteiger partial charge < -0.3 is 10.0 Å². The van der Waals surface area contributed by atoms with Gasteiger partial charge >= 0.3 is 6.18 Å². The SMILES string of the molecule is CC(C#N)C(=O)N1CCC(O)(C(F)(F)F)CC1. The number of hydrogen-bond donors (Lipinski definition) is 1. The smallest absolute Gasteiger partial charge is 0.380 e. The number of nitriles is 1. The van der Waals surface area contributed by atoms with Gasteiger partial charge in [0.2, 0.25) is 5.91 Å². The summed E-state index contributed by atoms with van der Waals surface area (Å²) in [4.78, 5) is 12.7. The van der Waals surface area contributed by atoms with Crippen LogP contribution in [0.25, 0.3) is 0 Å². The average molecular weight is 250 g/mol. The lowest BCUT2D eigenvalue weighted by Gasteiger charge is -2.39. The average Bonchev–Trinajstić information content (AvgIpc) is 2.26. The second kappa shape index (κ2) is 4.53. The molecule has 1 N–H and O–H groups in total. The highest BCUT2D eigenvalue weighted by molar-refractivity contribution is 5.80. The van der Waals surface area contributed by atoms with E-state index in [0.29, 0.717) is 0 Å². The molecular weight excluding hydrogens is 237 g/mol. The molecule has 1 fully saturated rings. The number of halogens is 3. The lowest BCUT2D eigenvalue weighted by atomic mass is 9.90. The zero-order chi connectivity index (χ0) is 13.3. The number of rotatable bonds is 1. The van der Waals surface area contributed by atoms with Gasteiger partial charge in [0.25, 0.3) is 0 Å². The Bertz CT molecular complexity index is 340. The van der Waals surface area contributed by atoms with Crippen LogP contribution in [0.5, 0.6) is 0 Å². The molecular formula is C10H13F3N2O2. The van der Waals surface area contributed by atoms with Crippen LogP contribution in [0.4, 0.5) is 13.2 Å². The van der Waals surface area contributed by atoms with Crippen LogP contribution in [-0.2, 0) is 4.79 Å². The summed E-state index contributed by atoms with van der Waals surface area (Å²) in [6.45, 7) is 1.04. The van der Waals surface area contributed by atoms with Crippen molar-refractivity contribution in [2.24, 2.45) is 5.92 Å². The summed E-state index contributed by atoms with van der Waals surface area (Å²) < 4.78 is 37.4. The molecule has 1 atom stereocenters. The summed E-state index contributed by atoms with van der Waals surface area (Å²) in [5, 5.41) is 17.9. The van der Waals surface area contributed by atoms with Gasteiger partial charge in [-0.1, -0.05) is 0 Å². The third-order valence-electron chi connectivity index (χ3n) is 2.99. The van der Waals surface area contributed by atoms with Crippen LogP contribution in [0.1, 0.15) is 19.8 Å². The number of likely N-dealkylation sites (tertiary alicyclic amines) is 1. The van der Waals surface area contributed by atoms with Crippen LogP contribution in [0, 0.1) is 17.2 Å². The van der Waals surface area contributed by atoms with Crippen LogP contribution in [0.15, 0.2) is 0 Å². The second-order valence-electron chi connectivity index (χ2n) is 4.21. The molecule has 0 aromatic rings. The number of carbonyl (C=O) groups is 1. The zero-order valence-corrected chi connectivity index (χ0v) is 9.29. The largest absolute Gasteiger partial charge is 0.417 e.